The highest BCUT2D eigenvalue weighted by Gasteiger charge is 2.52. The monoisotopic (exact) mass is 622 g/mol. The molecule has 1 spiro atoms. The van der Waals surface area contributed by atoms with Crippen molar-refractivity contribution in [2.75, 3.05) is 11.9 Å². The lowest BCUT2D eigenvalue weighted by Gasteiger charge is -2.30. The molecule has 1 N–H and O–H groups in total. The molecule has 0 unspecified atom stereocenters. The summed E-state index contributed by atoms with van der Waals surface area (Å²) in [6, 6.07) is 56.1. The molecule has 8 aromatic rings. The maximum atomic E-state index is 5.41. The van der Waals surface area contributed by atoms with Gasteiger partial charge in [-0.3, -0.25) is 0 Å². The molecule has 1 aromatic heterocycles. The first kappa shape index (κ1) is 26.8. The van der Waals surface area contributed by atoms with Crippen molar-refractivity contribution in [2.24, 2.45) is 0 Å². The topological polar surface area (TPSA) is 24.9 Å². The Kier molecular flexibility index (Phi) is 5.40. The SMILES string of the molecule is C1=Cc2cccc(-c3cccc(-c4nc5ccccc5c5c6c(ccc45)C4(c5ccccc5-c5ccccc54)c4ccccc4-6)c3)c2NC1. The Bertz CT molecular complexity index is 2690. The number of anilines is 1. The van der Waals surface area contributed by atoms with Crippen LogP contribution in [0, 0.1) is 0 Å². The van der Waals surface area contributed by atoms with Gasteiger partial charge < -0.3 is 5.32 Å². The second kappa shape index (κ2) is 9.88. The number of para-hydroxylation sites is 2. The summed E-state index contributed by atoms with van der Waals surface area (Å²) in [6.45, 7) is 0.837. The Morgan fingerprint density at radius 2 is 1.16 bits per heavy atom. The predicted octanol–water partition coefficient (Wildman–Crippen LogP) is 11.5. The molecule has 1 aliphatic heterocycles. The van der Waals surface area contributed by atoms with Crippen LogP contribution in [0.15, 0.2) is 158 Å². The standard InChI is InChI=1S/C47H30N2/c1-5-21-38-33(16-1)34-17-2-6-22-39(34)47(38)40-23-7-3-18-35(40)44-41(47)26-25-37-43(44)36-19-4-8-24-42(36)49-46(37)31-14-9-13-30(28-31)32-20-10-12-29-15-11-27-48-45(29)32/h1-26,28,48H,27H2. The van der Waals surface area contributed by atoms with Gasteiger partial charge in [-0.1, -0.05) is 152 Å². The first-order valence-corrected chi connectivity index (χ1v) is 17.1. The second-order valence-corrected chi connectivity index (χ2v) is 13.4. The van der Waals surface area contributed by atoms with Crippen molar-refractivity contribution in [3.8, 4) is 44.6 Å². The number of nitrogens with one attached hydrogen (secondary N) is 1. The van der Waals surface area contributed by atoms with E-state index in [0.29, 0.717) is 0 Å². The van der Waals surface area contributed by atoms with Crippen molar-refractivity contribution < 1.29 is 0 Å². The highest BCUT2D eigenvalue weighted by molar-refractivity contribution is 6.20. The third-order valence-corrected chi connectivity index (χ3v) is 11.1. The third-order valence-electron chi connectivity index (χ3n) is 11.1. The molecule has 0 saturated carbocycles. The van der Waals surface area contributed by atoms with Crippen LogP contribution in [-0.2, 0) is 5.41 Å². The molecule has 2 aliphatic carbocycles. The Balaban J connectivity index is 1.23. The first-order valence-electron chi connectivity index (χ1n) is 17.1. The Morgan fingerprint density at radius 3 is 1.98 bits per heavy atom. The van der Waals surface area contributed by atoms with Crippen LogP contribution in [0.5, 0.6) is 0 Å². The van der Waals surface area contributed by atoms with Gasteiger partial charge in [0.1, 0.15) is 0 Å². The molecular weight excluding hydrogens is 593 g/mol. The van der Waals surface area contributed by atoms with Crippen LogP contribution in [-0.4, -0.2) is 11.5 Å². The molecular formula is C47H30N2. The maximum Gasteiger partial charge on any atom is 0.0788 e. The molecule has 0 amide bonds. The molecule has 3 aliphatic rings. The first-order chi connectivity index (χ1) is 24.3. The number of rotatable bonds is 2. The lowest BCUT2D eigenvalue weighted by atomic mass is 9.70. The summed E-state index contributed by atoms with van der Waals surface area (Å²) in [5, 5.41) is 7.26. The Morgan fingerprint density at radius 1 is 0.510 bits per heavy atom. The minimum absolute atomic E-state index is 0.383. The van der Waals surface area contributed by atoms with Gasteiger partial charge in [0, 0.05) is 39.5 Å². The van der Waals surface area contributed by atoms with Gasteiger partial charge in [0.25, 0.3) is 0 Å². The summed E-state index contributed by atoms with van der Waals surface area (Å²) in [6.07, 6.45) is 4.39. The Hall–Kier alpha value is -6.25. The second-order valence-electron chi connectivity index (χ2n) is 13.4. The van der Waals surface area contributed by atoms with E-state index in [1.165, 1.54) is 83.0 Å². The zero-order valence-corrected chi connectivity index (χ0v) is 26.7. The number of pyridine rings is 1. The molecule has 0 fully saturated rings. The van der Waals surface area contributed by atoms with E-state index in [-0.39, 0.29) is 5.41 Å². The van der Waals surface area contributed by atoms with Gasteiger partial charge in [-0.25, -0.2) is 4.98 Å². The molecule has 2 nitrogen and oxygen atoms in total. The van der Waals surface area contributed by atoms with Gasteiger partial charge in [-0.05, 0) is 67.8 Å². The van der Waals surface area contributed by atoms with Crippen LogP contribution in [0.4, 0.5) is 5.69 Å². The number of hydrogen-bond donors (Lipinski definition) is 1. The predicted molar refractivity (Wildman–Crippen MR) is 204 cm³/mol. The fourth-order valence-electron chi connectivity index (χ4n) is 9.17. The molecule has 0 atom stereocenters. The van der Waals surface area contributed by atoms with E-state index in [1.807, 2.05) is 0 Å². The molecule has 2 heterocycles. The largest absolute Gasteiger partial charge is 0.381 e. The average molecular weight is 623 g/mol. The minimum atomic E-state index is -0.383. The van der Waals surface area contributed by atoms with E-state index in [1.54, 1.807) is 0 Å². The zero-order valence-electron chi connectivity index (χ0n) is 26.7. The summed E-state index contributed by atoms with van der Waals surface area (Å²) < 4.78 is 0. The van der Waals surface area contributed by atoms with Crippen LogP contribution in [0.2, 0.25) is 0 Å². The smallest absolute Gasteiger partial charge is 0.0788 e. The Labute approximate surface area is 285 Å². The fourth-order valence-corrected chi connectivity index (χ4v) is 9.17. The molecule has 11 rings (SSSR count). The maximum absolute atomic E-state index is 5.41. The van der Waals surface area contributed by atoms with Crippen LogP contribution in [0.3, 0.4) is 0 Å². The molecule has 49 heavy (non-hydrogen) atoms. The summed E-state index contributed by atoms with van der Waals surface area (Å²) in [4.78, 5) is 5.41. The van der Waals surface area contributed by atoms with E-state index in [9.17, 15) is 0 Å². The fraction of sp³-hybridized carbons (Fsp3) is 0.0426. The van der Waals surface area contributed by atoms with Crippen LogP contribution in [0.1, 0.15) is 27.8 Å². The van der Waals surface area contributed by atoms with Crippen molar-refractivity contribution in [1.29, 1.82) is 0 Å². The lowest BCUT2D eigenvalue weighted by molar-refractivity contribution is 0.794. The van der Waals surface area contributed by atoms with E-state index < -0.39 is 0 Å². The third kappa shape index (κ3) is 3.48. The van der Waals surface area contributed by atoms with E-state index >= 15 is 0 Å². The average Bonchev–Trinajstić information content (AvgIpc) is 3.65. The quantitative estimate of drug-likeness (QED) is 0.194. The van der Waals surface area contributed by atoms with Crippen molar-refractivity contribution in [3.05, 3.63) is 186 Å². The van der Waals surface area contributed by atoms with E-state index in [4.69, 9.17) is 4.98 Å². The van der Waals surface area contributed by atoms with Crippen molar-refractivity contribution in [3.63, 3.8) is 0 Å². The van der Waals surface area contributed by atoms with E-state index in [2.05, 4.69) is 169 Å². The van der Waals surface area contributed by atoms with Gasteiger partial charge in [-0.15, -0.1) is 0 Å². The minimum Gasteiger partial charge on any atom is -0.381 e. The van der Waals surface area contributed by atoms with Crippen LogP contribution >= 0.6 is 0 Å². The molecule has 0 saturated heterocycles. The normalized spacial score (nSPS) is 14.3. The summed E-state index contributed by atoms with van der Waals surface area (Å²) in [5.41, 5.74) is 18.3. The van der Waals surface area contributed by atoms with Gasteiger partial charge in [0.2, 0.25) is 0 Å². The molecule has 2 heteroatoms. The molecule has 7 aromatic carbocycles. The lowest BCUT2D eigenvalue weighted by Crippen LogP contribution is -2.25. The van der Waals surface area contributed by atoms with Crippen molar-refractivity contribution in [2.45, 2.75) is 5.41 Å². The van der Waals surface area contributed by atoms with Gasteiger partial charge in [0.05, 0.1) is 16.6 Å². The summed E-state index contributed by atoms with van der Waals surface area (Å²) in [7, 11) is 0. The summed E-state index contributed by atoms with van der Waals surface area (Å²) in [5.74, 6) is 0. The molecule has 228 valence electrons. The van der Waals surface area contributed by atoms with Gasteiger partial charge >= 0.3 is 0 Å². The number of aromatic nitrogens is 1. The van der Waals surface area contributed by atoms with E-state index in [0.717, 1.165) is 23.3 Å². The number of fused-ring (bicyclic) bond motifs is 15. The van der Waals surface area contributed by atoms with Crippen molar-refractivity contribution >= 4 is 33.4 Å². The molecule has 0 radical (unpaired) electrons. The van der Waals surface area contributed by atoms with Crippen LogP contribution in [0.25, 0.3) is 72.4 Å². The number of hydrogen-bond acceptors (Lipinski definition) is 2. The van der Waals surface area contributed by atoms with Crippen molar-refractivity contribution in [1.82, 2.24) is 4.98 Å². The van der Waals surface area contributed by atoms with Gasteiger partial charge in [-0.2, -0.15) is 0 Å². The zero-order chi connectivity index (χ0) is 32.1. The number of nitrogens with zero attached hydrogens (tertiary/aromatic N) is 1. The highest BCUT2D eigenvalue weighted by atomic mass is 14.9. The van der Waals surface area contributed by atoms with Crippen LogP contribution < -0.4 is 5.32 Å². The summed E-state index contributed by atoms with van der Waals surface area (Å²) >= 11 is 0. The molecule has 0 bridgehead atoms. The van der Waals surface area contributed by atoms with Gasteiger partial charge in [0.15, 0.2) is 0 Å². The highest BCUT2D eigenvalue weighted by Crippen LogP contribution is 2.64. The number of benzene rings is 7.